The van der Waals surface area contributed by atoms with E-state index in [1.165, 1.54) is 5.56 Å². The zero-order valence-corrected chi connectivity index (χ0v) is 11.3. The highest BCUT2D eigenvalue weighted by molar-refractivity contribution is 5.28. The average molecular weight is 253 g/mol. The number of hydrogen-bond donors (Lipinski definition) is 2. The Kier molecular flexibility index (Phi) is 6.72. The molecule has 2 unspecified atom stereocenters. The van der Waals surface area contributed by atoms with Crippen LogP contribution in [0.2, 0.25) is 0 Å². The van der Waals surface area contributed by atoms with Gasteiger partial charge in [0, 0.05) is 19.2 Å². The van der Waals surface area contributed by atoms with Crippen LogP contribution in [0.5, 0.6) is 5.75 Å². The second-order valence-electron chi connectivity index (χ2n) is 4.22. The quantitative estimate of drug-likeness (QED) is 0.741. The fourth-order valence-electron chi connectivity index (χ4n) is 1.64. The highest BCUT2D eigenvalue weighted by Crippen LogP contribution is 2.16. The molecule has 0 aliphatic rings. The maximum absolute atomic E-state index is 9.65. The van der Waals surface area contributed by atoms with Crippen LogP contribution in [0.15, 0.2) is 24.3 Å². The number of methoxy groups -OCH3 is 1. The number of benzene rings is 1. The standard InChI is InChI=1S/C14H23NO3/c1-4-18-10-13(16)9-15-11(2)12-5-7-14(17-3)8-6-12/h5-8,11,13,15-16H,4,9-10H2,1-3H3. The van der Waals surface area contributed by atoms with Crippen LogP contribution in [0.3, 0.4) is 0 Å². The summed E-state index contributed by atoms with van der Waals surface area (Å²) in [6, 6.07) is 8.10. The molecule has 2 N–H and O–H groups in total. The normalized spacial score (nSPS) is 14.2. The molecule has 0 bridgehead atoms. The van der Waals surface area contributed by atoms with Gasteiger partial charge in [0.25, 0.3) is 0 Å². The van der Waals surface area contributed by atoms with Crippen molar-refractivity contribution < 1.29 is 14.6 Å². The Bertz CT molecular complexity index is 326. The maximum Gasteiger partial charge on any atom is 0.118 e. The van der Waals surface area contributed by atoms with Gasteiger partial charge in [0.1, 0.15) is 5.75 Å². The van der Waals surface area contributed by atoms with Gasteiger partial charge < -0.3 is 19.9 Å². The lowest BCUT2D eigenvalue weighted by Gasteiger charge is -2.17. The van der Waals surface area contributed by atoms with Gasteiger partial charge in [-0.15, -0.1) is 0 Å². The van der Waals surface area contributed by atoms with Crippen molar-refractivity contribution in [2.75, 3.05) is 26.9 Å². The molecule has 102 valence electrons. The van der Waals surface area contributed by atoms with E-state index >= 15 is 0 Å². The number of rotatable bonds is 8. The molecule has 0 heterocycles. The molecule has 0 fully saturated rings. The van der Waals surface area contributed by atoms with Crippen LogP contribution in [0.4, 0.5) is 0 Å². The summed E-state index contributed by atoms with van der Waals surface area (Å²) in [4.78, 5) is 0. The van der Waals surface area contributed by atoms with Crippen LogP contribution in [-0.4, -0.2) is 38.1 Å². The predicted molar refractivity (Wildman–Crippen MR) is 71.9 cm³/mol. The Morgan fingerprint density at radius 2 is 1.94 bits per heavy atom. The third kappa shape index (κ3) is 5.04. The molecule has 0 radical (unpaired) electrons. The molecule has 18 heavy (non-hydrogen) atoms. The van der Waals surface area contributed by atoms with Gasteiger partial charge in [-0.1, -0.05) is 12.1 Å². The van der Waals surface area contributed by atoms with Gasteiger partial charge in [-0.05, 0) is 31.5 Å². The summed E-state index contributed by atoms with van der Waals surface area (Å²) >= 11 is 0. The van der Waals surface area contributed by atoms with Crippen molar-refractivity contribution in [3.8, 4) is 5.75 Å². The largest absolute Gasteiger partial charge is 0.497 e. The lowest BCUT2D eigenvalue weighted by molar-refractivity contribution is 0.0416. The lowest BCUT2D eigenvalue weighted by atomic mass is 10.1. The first-order chi connectivity index (χ1) is 8.67. The zero-order chi connectivity index (χ0) is 13.4. The summed E-state index contributed by atoms with van der Waals surface area (Å²) < 4.78 is 10.3. The second-order valence-corrected chi connectivity index (χ2v) is 4.22. The first kappa shape index (κ1) is 15.0. The van der Waals surface area contributed by atoms with E-state index < -0.39 is 6.10 Å². The topological polar surface area (TPSA) is 50.7 Å². The summed E-state index contributed by atoms with van der Waals surface area (Å²) in [6.07, 6.45) is -0.467. The minimum Gasteiger partial charge on any atom is -0.497 e. The Morgan fingerprint density at radius 1 is 1.28 bits per heavy atom. The molecule has 0 aliphatic carbocycles. The second kappa shape index (κ2) is 8.08. The zero-order valence-electron chi connectivity index (χ0n) is 11.3. The van der Waals surface area contributed by atoms with Crippen molar-refractivity contribution in [2.24, 2.45) is 0 Å². The number of nitrogens with one attached hydrogen (secondary N) is 1. The SMILES string of the molecule is CCOCC(O)CNC(C)c1ccc(OC)cc1. The maximum atomic E-state index is 9.65. The van der Waals surface area contributed by atoms with Crippen molar-refractivity contribution in [1.29, 1.82) is 0 Å². The highest BCUT2D eigenvalue weighted by atomic mass is 16.5. The van der Waals surface area contributed by atoms with Gasteiger partial charge in [0.2, 0.25) is 0 Å². The Morgan fingerprint density at radius 3 is 2.50 bits per heavy atom. The molecule has 0 aromatic heterocycles. The van der Waals surface area contributed by atoms with Crippen molar-refractivity contribution >= 4 is 0 Å². The fourth-order valence-corrected chi connectivity index (χ4v) is 1.64. The average Bonchev–Trinajstić information content (AvgIpc) is 2.42. The summed E-state index contributed by atoms with van der Waals surface area (Å²) in [5, 5.41) is 12.9. The van der Waals surface area contributed by atoms with Crippen LogP contribution >= 0.6 is 0 Å². The number of aliphatic hydroxyl groups excluding tert-OH is 1. The van der Waals surface area contributed by atoms with Gasteiger partial charge in [0.15, 0.2) is 0 Å². The molecule has 0 saturated carbocycles. The summed E-state index contributed by atoms with van der Waals surface area (Å²) in [5.41, 5.74) is 1.17. The molecular weight excluding hydrogens is 230 g/mol. The van der Waals surface area contributed by atoms with Crippen LogP contribution in [0.25, 0.3) is 0 Å². The Balaban J connectivity index is 2.37. The van der Waals surface area contributed by atoms with Crippen LogP contribution < -0.4 is 10.1 Å². The van der Waals surface area contributed by atoms with Gasteiger partial charge in [-0.2, -0.15) is 0 Å². The molecule has 0 saturated heterocycles. The minimum absolute atomic E-state index is 0.187. The number of ether oxygens (including phenoxy) is 2. The molecule has 1 rings (SSSR count). The summed E-state index contributed by atoms with van der Waals surface area (Å²) in [5.74, 6) is 0.849. The molecule has 0 amide bonds. The lowest BCUT2D eigenvalue weighted by Crippen LogP contribution is -2.32. The van der Waals surface area contributed by atoms with E-state index in [2.05, 4.69) is 12.2 Å². The van der Waals surface area contributed by atoms with Crippen LogP contribution in [-0.2, 0) is 4.74 Å². The van der Waals surface area contributed by atoms with Gasteiger partial charge in [0.05, 0.1) is 19.8 Å². The van der Waals surface area contributed by atoms with Gasteiger partial charge in [-0.3, -0.25) is 0 Å². The first-order valence-corrected chi connectivity index (χ1v) is 6.30. The van der Waals surface area contributed by atoms with E-state index in [1.807, 2.05) is 31.2 Å². The van der Waals surface area contributed by atoms with Crippen molar-refractivity contribution in [3.05, 3.63) is 29.8 Å². The van der Waals surface area contributed by atoms with E-state index in [0.717, 1.165) is 5.75 Å². The van der Waals surface area contributed by atoms with E-state index in [1.54, 1.807) is 7.11 Å². The van der Waals surface area contributed by atoms with E-state index in [-0.39, 0.29) is 6.04 Å². The molecule has 1 aromatic rings. The monoisotopic (exact) mass is 253 g/mol. The van der Waals surface area contributed by atoms with E-state index in [0.29, 0.717) is 19.8 Å². The fraction of sp³-hybridized carbons (Fsp3) is 0.571. The van der Waals surface area contributed by atoms with Crippen molar-refractivity contribution in [1.82, 2.24) is 5.32 Å². The highest BCUT2D eigenvalue weighted by Gasteiger charge is 2.08. The van der Waals surface area contributed by atoms with Crippen LogP contribution in [0.1, 0.15) is 25.5 Å². The van der Waals surface area contributed by atoms with E-state index in [9.17, 15) is 5.11 Å². The van der Waals surface area contributed by atoms with Crippen molar-refractivity contribution in [2.45, 2.75) is 26.0 Å². The molecule has 0 aliphatic heterocycles. The summed E-state index contributed by atoms with van der Waals surface area (Å²) in [7, 11) is 1.65. The van der Waals surface area contributed by atoms with E-state index in [4.69, 9.17) is 9.47 Å². The third-order valence-corrected chi connectivity index (χ3v) is 2.79. The number of hydrogen-bond acceptors (Lipinski definition) is 4. The molecule has 4 heteroatoms. The van der Waals surface area contributed by atoms with Gasteiger partial charge in [-0.25, -0.2) is 0 Å². The van der Waals surface area contributed by atoms with Crippen molar-refractivity contribution in [3.63, 3.8) is 0 Å². The smallest absolute Gasteiger partial charge is 0.118 e. The predicted octanol–water partition coefficient (Wildman–Crippen LogP) is 1.74. The molecule has 4 nitrogen and oxygen atoms in total. The number of aliphatic hydroxyl groups is 1. The molecular formula is C14H23NO3. The Hall–Kier alpha value is -1.10. The summed E-state index contributed by atoms with van der Waals surface area (Å²) in [6.45, 7) is 5.51. The van der Waals surface area contributed by atoms with Crippen LogP contribution in [0, 0.1) is 0 Å². The first-order valence-electron chi connectivity index (χ1n) is 6.30. The third-order valence-electron chi connectivity index (χ3n) is 2.79. The molecule has 1 aromatic carbocycles. The minimum atomic E-state index is -0.467. The molecule has 2 atom stereocenters. The molecule has 0 spiro atoms. The van der Waals surface area contributed by atoms with Gasteiger partial charge >= 0.3 is 0 Å². The Labute approximate surface area is 109 Å².